The predicted octanol–water partition coefficient (Wildman–Crippen LogP) is -3.49. The Morgan fingerprint density at radius 3 is 1.88 bits per heavy atom. The summed E-state index contributed by atoms with van der Waals surface area (Å²) in [6, 6.07) is -3.99. The van der Waals surface area contributed by atoms with E-state index in [2.05, 4.69) is 10.6 Å². The van der Waals surface area contributed by atoms with Crippen LogP contribution in [-0.2, 0) is 19.2 Å². The molecule has 0 heterocycles. The number of amides is 3. The first-order valence-electron chi connectivity index (χ1n) is 7.76. The second-order valence-corrected chi connectivity index (χ2v) is 5.46. The molecule has 25 heavy (non-hydrogen) atoms. The Kier molecular flexibility index (Phi) is 10.3. The number of hydrogen-bond acceptors (Lipinski definition) is 7. The Bertz CT molecular complexity index is 486. The molecule has 0 fully saturated rings. The Morgan fingerprint density at radius 2 is 1.48 bits per heavy atom. The molecule has 4 unspecified atom stereocenters. The molecule has 0 saturated carbocycles. The number of carboxylic acid groups (broad SMARTS) is 1. The minimum atomic E-state index is -1.57. The lowest BCUT2D eigenvalue weighted by Crippen LogP contribution is -2.59. The molecule has 0 aliphatic rings. The molecule has 0 aliphatic carbocycles. The monoisotopic (exact) mass is 362 g/mol. The normalized spacial score (nSPS) is 15.4. The summed E-state index contributed by atoms with van der Waals surface area (Å²) in [5.74, 6) is -4.00. The van der Waals surface area contributed by atoms with Gasteiger partial charge in [-0.15, -0.1) is 0 Å². The van der Waals surface area contributed by atoms with Gasteiger partial charge in [0.1, 0.15) is 18.1 Å². The molecule has 0 aliphatic heterocycles. The van der Waals surface area contributed by atoms with E-state index in [0.717, 1.165) is 0 Å². The van der Waals surface area contributed by atoms with E-state index in [1.807, 2.05) is 5.32 Å². The van der Waals surface area contributed by atoms with E-state index in [1.165, 1.54) is 0 Å². The van der Waals surface area contributed by atoms with Gasteiger partial charge >= 0.3 is 5.97 Å². The van der Waals surface area contributed by atoms with Crippen LogP contribution in [0.15, 0.2) is 0 Å². The number of carboxylic acids is 1. The van der Waals surface area contributed by atoms with E-state index in [0.29, 0.717) is 6.42 Å². The van der Waals surface area contributed by atoms with Gasteiger partial charge in [0.05, 0.1) is 19.8 Å². The van der Waals surface area contributed by atoms with Crippen LogP contribution in [0.25, 0.3) is 0 Å². The second-order valence-electron chi connectivity index (χ2n) is 5.46. The first-order chi connectivity index (χ1) is 11.7. The minimum Gasteiger partial charge on any atom is -0.480 e. The quantitative estimate of drug-likeness (QED) is 0.197. The number of aliphatic hydroxyl groups excluding tert-OH is 2. The molecule has 0 aromatic carbocycles. The maximum atomic E-state index is 12.3. The molecule has 0 aromatic rings. The van der Waals surface area contributed by atoms with Gasteiger partial charge in [-0.3, -0.25) is 14.4 Å². The Morgan fingerprint density at radius 1 is 0.960 bits per heavy atom. The van der Waals surface area contributed by atoms with Gasteiger partial charge in [0, 0.05) is 0 Å². The highest BCUT2D eigenvalue weighted by molar-refractivity contribution is 5.93. The summed E-state index contributed by atoms with van der Waals surface area (Å²) >= 11 is 0. The van der Waals surface area contributed by atoms with Crippen LogP contribution in [0.1, 0.15) is 20.3 Å². The van der Waals surface area contributed by atoms with Gasteiger partial charge in [-0.05, 0) is 5.92 Å². The predicted molar refractivity (Wildman–Crippen MR) is 86.1 cm³/mol. The topological polar surface area (TPSA) is 191 Å². The maximum absolute atomic E-state index is 12.3. The van der Waals surface area contributed by atoms with Crippen LogP contribution >= 0.6 is 0 Å². The fraction of sp³-hybridized carbons (Fsp3) is 0.714. The molecule has 0 rings (SSSR count). The van der Waals surface area contributed by atoms with Gasteiger partial charge < -0.3 is 37.0 Å². The number of aliphatic hydroxyl groups is 2. The highest BCUT2D eigenvalue weighted by atomic mass is 16.4. The van der Waals surface area contributed by atoms with Crippen molar-refractivity contribution in [2.24, 2.45) is 11.7 Å². The zero-order valence-electron chi connectivity index (χ0n) is 14.2. The van der Waals surface area contributed by atoms with Gasteiger partial charge in [-0.1, -0.05) is 20.3 Å². The molecule has 0 spiro atoms. The van der Waals surface area contributed by atoms with Crippen molar-refractivity contribution in [2.75, 3.05) is 19.8 Å². The Balaban J connectivity index is 5.05. The minimum absolute atomic E-state index is 0.276. The number of carbonyl (C=O) groups is 4. The molecule has 0 saturated heterocycles. The molecule has 0 radical (unpaired) electrons. The van der Waals surface area contributed by atoms with Crippen molar-refractivity contribution in [3.63, 3.8) is 0 Å². The number of hydrogen-bond donors (Lipinski definition) is 7. The van der Waals surface area contributed by atoms with E-state index < -0.39 is 55.0 Å². The van der Waals surface area contributed by atoms with E-state index >= 15 is 0 Å². The lowest BCUT2D eigenvalue weighted by molar-refractivity contribution is -0.143. The van der Waals surface area contributed by atoms with Crippen molar-refractivity contribution in [1.29, 1.82) is 0 Å². The lowest BCUT2D eigenvalue weighted by atomic mass is 9.98. The zero-order valence-corrected chi connectivity index (χ0v) is 14.2. The smallest absolute Gasteiger partial charge is 0.328 e. The van der Waals surface area contributed by atoms with Crippen LogP contribution in [0.5, 0.6) is 0 Å². The summed E-state index contributed by atoms with van der Waals surface area (Å²) in [4.78, 5) is 46.6. The fourth-order valence-corrected chi connectivity index (χ4v) is 1.85. The van der Waals surface area contributed by atoms with Crippen LogP contribution in [-0.4, -0.2) is 76.9 Å². The van der Waals surface area contributed by atoms with E-state index in [-0.39, 0.29) is 12.5 Å². The van der Waals surface area contributed by atoms with E-state index in [9.17, 15) is 24.3 Å². The summed E-state index contributed by atoms with van der Waals surface area (Å²) in [5, 5.41) is 33.6. The molecule has 11 nitrogen and oxygen atoms in total. The molecule has 3 amide bonds. The molecule has 144 valence electrons. The van der Waals surface area contributed by atoms with Crippen LogP contribution in [0, 0.1) is 5.92 Å². The van der Waals surface area contributed by atoms with Crippen LogP contribution in [0.4, 0.5) is 0 Å². The van der Waals surface area contributed by atoms with Gasteiger partial charge in [0.25, 0.3) is 0 Å². The summed E-state index contributed by atoms with van der Waals surface area (Å²) in [6.07, 6.45) is 0.546. The third-order valence-electron chi connectivity index (χ3n) is 3.61. The number of nitrogens with one attached hydrogen (secondary N) is 3. The molecule has 11 heteroatoms. The molecule has 0 aromatic heterocycles. The van der Waals surface area contributed by atoms with Gasteiger partial charge in [0.15, 0.2) is 0 Å². The standard InChI is InChI=1S/C14H26N4O7/c1-3-7(2)11(18-10(21)4-15)13(23)16-8(5-19)12(22)17-9(6-20)14(24)25/h7-9,11,19-20H,3-6,15H2,1-2H3,(H,16,23)(H,17,22)(H,18,21)(H,24,25). The van der Waals surface area contributed by atoms with Crippen LogP contribution in [0.3, 0.4) is 0 Å². The third-order valence-corrected chi connectivity index (χ3v) is 3.61. The zero-order chi connectivity index (χ0) is 19.6. The lowest BCUT2D eigenvalue weighted by Gasteiger charge is -2.26. The van der Waals surface area contributed by atoms with Gasteiger partial charge in [-0.2, -0.15) is 0 Å². The molecular formula is C14H26N4O7. The van der Waals surface area contributed by atoms with Crippen molar-refractivity contribution in [3.8, 4) is 0 Å². The van der Waals surface area contributed by atoms with Crippen molar-refractivity contribution in [2.45, 2.75) is 38.4 Å². The number of carbonyl (C=O) groups excluding carboxylic acids is 3. The van der Waals surface area contributed by atoms with Gasteiger partial charge in [0.2, 0.25) is 17.7 Å². The summed E-state index contributed by atoms with van der Waals surface area (Å²) < 4.78 is 0. The number of nitrogens with two attached hydrogens (primary N) is 1. The first-order valence-corrected chi connectivity index (χ1v) is 7.76. The fourth-order valence-electron chi connectivity index (χ4n) is 1.85. The van der Waals surface area contributed by atoms with Crippen LogP contribution in [0.2, 0.25) is 0 Å². The average Bonchev–Trinajstić information content (AvgIpc) is 2.60. The summed E-state index contributed by atoms with van der Waals surface area (Å²) in [5.41, 5.74) is 5.21. The Labute approximate surface area is 145 Å². The molecular weight excluding hydrogens is 336 g/mol. The van der Waals surface area contributed by atoms with E-state index in [4.69, 9.17) is 15.9 Å². The first kappa shape index (κ1) is 22.8. The third kappa shape index (κ3) is 7.45. The summed E-state index contributed by atoms with van der Waals surface area (Å²) in [7, 11) is 0. The van der Waals surface area contributed by atoms with Crippen LogP contribution < -0.4 is 21.7 Å². The largest absolute Gasteiger partial charge is 0.480 e. The van der Waals surface area contributed by atoms with Crippen molar-refractivity contribution >= 4 is 23.7 Å². The highest BCUT2D eigenvalue weighted by Gasteiger charge is 2.30. The molecule has 4 atom stereocenters. The van der Waals surface area contributed by atoms with Crippen molar-refractivity contribution in [3.05, 3.63) is 0 Å². The Hall–Kier alpha value is -2.24. The molecule has 8 N–H and O–H groups in total. The van der Waals surface area contributed by atoms with Crippen molar-refractivity contribution in [1.82, 2.24) is 16.0 Å². The number of aliphatic carboxylic acids is 1. The molecule has 0 bridgehead atoms. The van der Waals surface area contributed by atoms with Gasteiger partial charge in [-0.25, -0.2) is 4.79 Å². The SMILES string of the molecule is CCC(C)C(NC(=O)CN)C(=O)NC(CO)C(=O)NC(CO)C(=O)O. The number of rotatable bonds is 11. The average molecular weight is 362 g/mol. The highest BCUT2D eigenvalue weighted by Crippen LogP contribution is 2.08. The summed E-state index contributed by atoms with van der Waals surface area (Å²) in [6.45, 7) is 1.54. The maximum Gasteiger partial charge on any atom is 0.328 e. The van der Waals surface area contributed by atoms with Crippen molar-refractivity contribution < 1.29 is 34.5 Å². The van der Waals surface area contributed by atoms with E-state index in [1.54, 1.807) is 13.8 Å². The second kappa shape index (κ2) is 11.3.